The Balaban J connectivity index is 1.89. The highest BCUT2D eigenvalue weighted by Gasteiger charge is 2.08. The van der Waals surface area contributed by atoms with Crippen molar-refractivity contribution in [2.75, 3.05) is 0 Å². The summed E-state index contributed by atoms with van der Waals surface area (Å²) < 4.78 is 2.03. The molecule has 3 heteroatoms. The monoisotopic (exact) mass is 276 g/mol. The van der Waals surface area contributed by atoms with Crippen molar-refractivity contribution in [3.8, 4) is 16.8 Å². The molecule has 0 atom stereocenters. The van der Waals surface area contributed by atoms with E-state index in [-0.39, 0.29) is 5.78 Å². The van der Waals surface area contributed by atoms with E-state index in [9.17, 15) is 4.79 Å². The number of carbonyl (C=O) groups is 1. The van der Waals surface area contributed by atoms with Crippen LogP contribution in [0.3, 0.4) is 0 Å². The largest absolute Gasteiger partial charge is 0.295 e. The number of benzene rings is 1. The minimum absolute atomic E-state index is 0.0859. The fourth-order valence-electron chi connectivity index (χ4n) is 2.24. The van der Waals surface area contributed by atoms with Crippen LogP contribution in [0.1, 0.15) is 17.3 Å². The first-order chi connectivity index (χ1) is 10.2. The zero-order valence-electron chi connectivity index (χ0n) is 11.8. The first kappa shape index (κ1) is 13.2. The number of H-pyrrole nitrogens is 1. The molecule has 21 heavy (non-hydrogen) atoms. The van der Waals surface area contributed by atoms with Crippen LogP contribution in [-0.2, 0) is 0 Å². The predicted octanol–water partition coefficient (Wildman–Crippen LogP) is 2.65. The first-order valence-corrected chi connectivity index (χ1v) is 6.83. The Morgan fingerprint density at radius 3 is 2.00 bits per heavy atom. The third kappa shape index (κ3) is 2.87. The number of nitrogens with zero attached hydrogens (tertiary/aromatic N) is 1. The maximum atomic E-state index is 11.3. The van der Waals surface area contributed by atoms with Crippen molar-refractivity contribution < 1.29 is 14.3 Å². The molecule has 0 amide bonds. The van der Waals surface area contributed by atoms with Gasteiger partial charge >= 0.3 is 0 Å². The van der Waals surface area contributed by atoms with Crippen LogP contribution in [0.2, 0.25) is 0 Å². The molecule has 0 aliphatic heterocycles. The molecule has 0 bridgehead atoms. The Morgan fingerprint density at radius 1 is 0.857 bits per heavy atom. The van der Waals surface area contributed by atoms with Crippen LogP contribution in [0, 0.1) is 0 Å². The number of hydrogen-bond donors (Lipinski definition) is 0. The molecule has 0 aliphatic rings. The highest BCUT2D eigenvalue weighted by atomic mass is 16.1. The molecule has 1 aromatic carbocycles. The number of nitrogens with one attached hydrogen (secondary N) is 1. The van der Waals surface area contributed by atoms with Gasteiger partial charge in [-0.25, -0.2) is 4.98 Å². The van der Waals surface area contributed by atoms with Gasteiger partial charge in [-0.05, 0) is 30.2 Å². The molecule has 0 saturated carbocycles. The van der Waals surface area contributed by atoms with Crippen molar-refractivity contribution in [3.05, 3.63) is 78.9 Å². The van der Waals surface area contributed by atoms with E-state index in [2.05, 4.69) is 17.1 Å². The lowest BCUT2D eigenvalue weighted by atomic mass is 10.1. The van der Waals surface area contributed by atoms with Crippen LogP contribution < -0.4 is 9.55 Å². The molecule has 3 nitrogen and oxygen atoms in total. The number of aromatic nitrogens is 2. The van der Waals surface area contributed by atoms with E-state index < -0.39 is 0 Å². The summed E-state index contributed by atoms with van der Waals surface area (Å²) in [5.74, 6) is 0.0859. The van der Waals surface area contributed by atoms with Gasteiger partial charge < -0.3 is 0 Å². The lowest BCUT2D eigenvalue weighted by Gasteiger charge is -2.00. The maximum Gasteiger partial charge on any atom is 0.210 e. The smallest absolute Gasteiger partial charge is 0.210 e. The summed E-state index contributed by atoms with van der Waals surface area (Å²) in [7, 11) is 0. The van der Waals surface area contributed by atoms with Crippen molar-refractivity contribution in [2.45, 2.75) is 6.92 Å². The zero-order valence-corrected chi connectivity index (χ0v) is 11.8. The Labute approximate surface area is 123 Å². The number of rotatable bonds is 3. The number of carbonyl (C=O) groups excluding carboxylic acids is 1. The van der Waals surface area contributed by atoms with Gasteiger partial charge in [0.05, 0.1) is 0 Å². The number of ketones is 1. The van der Waals surface area contributed by atoms with Gasteiger partial charge in [-0.3, -0.25) is 4.79 Å². The Hall–Kier alpha value is -2.81. The number of Topliss-reactive ketones (excluding diaryl/α,β-unsaturated/α-hetero) is 1. The summed E-state index contributed by atoms with van der Waals surface area (Å²) >= 11 is 0. The van der Waals surface area contributed by atoms with E-state index in [1.165, 1.54) is 11.1 Å². The minimum Gasteiger partial charge on any atom is -0.295 e. The molecule has 3 aromatic rings. The second kappa shape index (κ2) is 5.67. The maximum absolute atomic E-state index is 11.3. The highest BCUT2D eigenvalue weighted by molar-refractivity contribution is 5.94. The van der Waals surface area contributed by atoms with E-state index in [0.717, 1.165) is 11.3 Å². The van der Waals surface area contributed by atoms with E-state index in [1.54, 1.807) is 6.92 Å². The van der Waals surface area contributed by atoms with Crippen molar-refractivity contribution in [2.24, 2.45) is 0 Å². The van der Waals surface area contributed by atoms with Gasteiger partial charge in [-0.1, -0.05) is 0 Å². The van der Waals surface area contributed by atoms with Crippen LogP contribution in [0.4, 0.5) is 0 Å². The molecule has 2 aromatic heterocycles. The molecule has 0 spiro atoms. The molecular formula is C18H16N2O+2. The van der Waals surface area contributed by atoms with Gasteiger partial charge in [0.2, 0.25) is 5.69 Å². The van der Waals surface area contributed by atoms with Crippen LogP contribution >= 0.6 is 0 Å². The molecule has 0 unspecified atom stereocenters. The number of pyridine rings is 2. The number of aromatic amines is 1. The Kier molecular flexibility index (Phi) is 3.56. The van der Waals surface area contributed by atoms with Crippen LogP contribution in [0.15, 0.2) is 73.3 Å². The van der Waals surface area contributed by atoms with Crippen LogP contribution in [-0.4, -0.2) is 5.78 Å². The molecule has 3 rings (SSSR count). The SMILES string of the molecule is CC(=O)c1ccc(-[n+]2ccc(-c3cc[nH+]cc3)cc2)cc1. The molecule has 2 heterocycles. The Bertz CT molecular complexity index is 747. The first-order valence-electron chi connectivity index (χ1n) is 6.83. The third-order valence-electron chi connectivity index (χ3n) is 3.45. The van der Waals surface area contributed by atoms with Gasteiger partial charge in [0.15, 0.2) is 30.6 Å². The summed E-state index contributed by atoms with van der Waals surface area (Å²) in [6.07, 6.45) is 7.87. The van der Waals surface area contributed by atoms with Gasteiger partial charge in [-0.2, -0.15) is 4.57 Å². The molecule has 102 valence electrons. The average Bonchev–Trinajstić information content (AvgIpc) is 2.56. The van der Waals surface area contributed by atoms with E-state index in [0.29, 0.717) is 0 Å². The van der Waals surface area contributed by atoms with Crippen LogP contribution in [0.25, 0.3) is 16.8 Å². The molecular weight excluding hydrogens is 260 g/mol. The molecule has 1 N–H and O–H groups in total. The molecule has 0 fully saturated rings. The molecule has 0 saturated heterocycles. The topological polar surface area (TPSA) is 35.1 Å². The summed E-state index contributed by atoms with van der Waals surface area (Å²) in [5, 5.41) is 0. The minimum atomic E-state index is 0.0859. The fraction of sp³-hybridized carbons (Fsp3) is 0.0556. The van der Waals surface area contributed by atoms with Gasteiger partial charge in [0, 0.05) is 42.0 Å². The summed E-state index contributed by atoms with van der Waals surface area (Å²) in [6, 6.07) is 15.9. The zero-order chi connectivity index (χ0) is 14.7. The summed E-state index contributed by atoms with van der Waals surface area (Å²) in [6.45, 7) is 1.58. The number of hydrogen-bond acceptors (Lipinski definition) is 1. The summed E-state index contributed by atoms with van der Waals surface area (Å²) in [4.78, 5) is 14.3. The van der Waals surface area contributed by atoms with E-state index in [1.807, 2.05) is 65.8 Å². The predicted molar refractivity (Wildman–Crippen MR) is 80.0 cm³/mol. The Morgan fingerprint density at radius 2 is 1.43 bits per heavy atom. The van der Waals surface area contributed by atoms with Crippen molar-refractivity contribution in [1.29, 1.82) is 0 Å². The average molecular weight is 276 g/mol. The summed E-state index contributed by atoms with van der Waals surface area (Å²) in [5.41, 5.74) is 4.11. The highest BCUT2D eigenvalue weighted by Crippen LogP contribution is 2.15. The lowest BCUT2D eigenvalue weighted by molar-refractivity contribution is -0.595. The quantitative estimate of drug-likeness (QED) is 0.535. The van der Waals surface area contributed by atoms with Crippen molar-refractivity contribution in [3.63, 3.8) is 0 Å². The van der Waals surface area contributed by atoms with Gasteiger partial charge in [0.25, 0.3) is 0 Å². The molecule has 0 aliphatic carbocycles. The fourth-order valence-corrected chi connectivity index (χ4v) is 2.24. The van der Waals surface area contributed by atoms with Crippen molar-refractivity contribution in [1.82, 2.24) is 0 Å². The van der Waals surface area contributed by atoms with Crippen LogP contribution in [0.5, 0.6) is 0 Å². The lowest BCUT2D eigenvalue weighted by Crippen LogP contribution is -2.29. The normalized spacial score (nSPS) is 10.3. The standard InChI is InChI=1S/C18H15N2O/c1-14(21)15-2-4-18(5-3-15)20-12-8-17(9-13-20)16-6-10-19-11-7-16/h2-13H,1H3/q+1/p+1. The van der Waals surface area contributed by atoms with E-state index in [4.69, 9.17) is 0 Å². The second-order valence-corrected chi connectivity index (χ2v) is 4.89. The van der Waals surface area contributed by atoms with Gasteiger partial charge in [0.1, 0.15) is 0 Å². The third-order valence-corrected chi connectivity index (χ3v) is 3.45. The molecule has 0 radical (unpaired) electrons. The second-order valence-electron chi connectivity index (χ2n) is 4.89. The van der Waals surface area contributed by atoms with E-state index >= 15 is 0 Å². The van der Waals surface area contributed by atoms with Gasteiger partial charge in [-0.15, -0.1) is 0 Å². The van der Waals surface area contributed by atoms with Crippen molar-refractivity contribution >= 4 is 5.78 Å².